The molecule has 0 aliphatic rings. The standard InChI is InChI=1S/C12H7BrN2O/c13-8-5-6-12-10(7-8)9-3-1-2-4-11(9)15(12)14-16/h1-7H. The Morgan fingerprint density at radius 1 is 1.00 bits per heavy atom. The highest BCUT2D eigenvalue weighted by atomic mass is 79.9. The van der Waals surface area contributed by atoms with Crippen molar-refractivity contribution in [2.75, 3.05) is 0 Å². The van der Waals surface area contributed by atoms with Crippen molar-refractivity contribution in [1.82, 2.24) is 4.68 Å². The lowest BCUT2D eigenvalue weighted by molar-refractivity contribution is 0.953. The monoisotopic (exact) mass is 274 g/mol. The van der Waals surface area contributed by atoms with Crippen molar-refractivity contribution in [2.24, 2.45) is 5.29 Å². The van der Waals surface area contributed by atoms with Crippen LogP contribution in [-0.2, 0) is 0 Å². The van der Waals surface area contributed by atoms with Crippen LogP contribution in [0.1, 0.15) is 0 Å². The summed E-state index contributed by atoms with van der Waals surface area (Å²) in [6, 6.07) is 13.5. The van der Waals surface area contributed by atoms with E-state index >= 15 is 0 Å². The average molecular weight is 275 g/mol. The minimum Gasteiger partial charge on any atom is -0.196 e. The lowest BCUT2D eigenvalue weighted by Gasteiger charge is -1.93. The Labute approximate surface area is 99.7 Å². The van der Waals surface area contributed by atoms with Gasteiger partial charge in [0.05, 0.1) is 16.3 Å². The quantitative estimate of drug-likeness (QED) is 0.616. The smallest absolute Gasteiger partial charge is 0.0765 e. The van der Waals surface area contributed by atoms with Gasteiger partial charge in [-0.1, -0.05) is 34.1 Å². The molecule has 0 bridgehead atoms. The Hall–Kier alpha value is -1.68. The van der Waals surface area contributed by atoms with Crippen LogP contribution >= 0.6 is 15.9 Å². The van der Waals surface area contributed by atoms with E-state index in [1.54, 1.807) is 0 Å². The molecule has 0 radical (unpaired) electrons. The molecule has 0 saturated heterocycles. The maximum atomic E-state index is 10.9. The molecule has 3 aromatic rings. The summed E-state index contributed by atoms with van der Waals surface area (Å²) < 4.78 is 2.42. The fraction of sp³-hybridized carbons (Fsp3) is 0. The number of rotatable bonds is 1. The molecular weight excluding hydrogens is 268 g/mol. The molecular formula is C12H7BrN2O. The Morgan fingerprint density at radius 2 is 1.75 bits per heavy atom. The molecule has 0 N–H and O–H groups in total. The van der Waals surface area contributed by atoms with Gasteiger partial charge in [-0.05, 0) is 24.3 Å². The maximum absolute atomic E-state index is 10.9. The molecule has 0 atom stereocenters. The molecule has 1 aromatic heterocycles. The van der Waals surface area contributed by atoms with E-state index in [0.29, 0.717) is 0 Å². The molecule has 0 fully saturated rings. The zero-order valence-corrected chi connectivity index (χ0v) is 9.81. The molecule has 78 valence electrons. The first-order valence-corrected chi connectivity index (χ1v) is 5.63. The van der Waals surface area contributed by atoms with E-state index in [4.69, 9.17) is 0 Å². The first-order valence-electron chi connectivity index (χ1n) is 4.83. The number of nitroso groups, excluding NO2 is 1. The molecule has 0 aliphatic carbocycles. The Balaban J connectivity index is 2.64. The minimum atomic E-state index is 0.833. The van der Waals surface area contributed by atoms with Gasteiger partial charge in [-0.3, -0.25) is 0 Å². The van der Waals surface area contributed by atoms with Gasteiger partial charge in [0, 0.05) is 15.2 Å². The summed E-state index contributed by atoms with van der Waals surface area (Å²) in [5.41, 5.74) is 1.67. The summed E-state index contributed by atoms with van der Waals surface area (Å²) in [7, 11) is 0. The van der Waals surface area contributed by atoms with Crippen LogP contribution in [0.4, 0.5) is 0 Å². The third-order valence-electron chi connectivity index (χ3n) is 2.69. The first kappa shape index (κ1) is 9.54. The van der Waals surface area contributed by atoms with E-state index in [0.717, 1.165) is 26.3 Å². The summed E-state index contributed by atoms with van der Waals surface area (Å²) in [6.45, 7) is 0. The van der Waals surface area contributed by atoms with Crippen molar-refractivity contribution < 1.29 is 0 Å². The zero-order chi connectivity index (χ0) is 11.1. The lowest BCUT2D eigenvalue weighted by Crippen LogP contribution is -1.84. The number of hydrogen-bond donors (Lipinski definition) is 0. The third kappa shape index (κ3) is 1.20. The third-order valence-corrected chi connectivity index (χ3v) is 3.18. The minimum absolute atomic E-state index is 0.833. The number of para-hydroxylation sites is 1. The van der Waals surface area contributed by atoms with E-state index in [2.05, 4.69) is 21.2 Å². The van der Waals surface area contributed by atoms with Crippen LogP contribution < -0.4 is 0 Å². The normalized spacial score (nSPS) is 11.1. The second kappa shape index (κ2) is 3.42. The summed E-state index contributed by atoms with van der Waals surface area (Å²) in [5.74, 6) is 0. The van der Waals surface area contributed by atoms with Gasteiger partial charge in [-0.25, -0.2) is 0 Å². The molecule has 1 heterocycles. The highest BCUT2D eigenvalue weighted by molar-refractivity contribution is 9.10. The van der Waals surface area contributed by atoms with E-state index in [1.165, 1.54) is 4.68 Å². The van der Waals surface area contributed by atoms with Crippen LogP contribution in [0.5, 0.6) is 0 Å². The lowest BCUT2D eigenvalue weighted by atomic mass is 10.2. The Bertz CT molecular complexity index is 703. The van der Waals surface area contributed by atoms with Crippen LogP contribution in [0.2, 0.25) is 0 Å². The Kier molecular flexibility index (Phi) is 2.04. The molecule has 0 saturated carbocycles. The van der Waals surface area contributed by atoms with Crippen LogP contribution in [-0.4, -0.2) is 4.68 Å². The van der Waals surface area contributed by atoms with E-state index < -0.39 is 0 Å². The van der Waals surface area contributed by atoms with Crippen LogP contribution in [0.25, 0.3) is 21.8 Å². The van der Waals surface area contributed by atoms with Gasteiger partial charge < -0.3 is 0 Å². The van der Waals surface area contributed by atoms with E-state index in [1.807, 2.05) is 42.5 Å². The molecule has 16 heavy (non-hydrogen) atoms. The largest absolute Gasteiger partial charge is 0.196 e. The van der Waals surface area contributed by atoms with Crippen molar-refractivity contribution in [1.29, 1.82) is 0 Å². The van der Waals surface area contributed by atoms with Crippen molar-refractivity contribution in [2.45, 2.75) is 0 Å². The summed E-state index contributed by atoms with van der Waals surface area (Å²) in [4.78, 5) is 10.9. The van der Waals surface area contributed by atoms with Crippen molar-refractivity contribution >= 4 is 37.7 Å². The van der Waals surface area contributed by atoms with Crippen LogP contribution in [0, 0.1) is 4.91 Å². The molecule has 0 unspecified atom stereocenters. The summed E-state index contributed by atoms with van der Waals surface area (Å²) in [5, 5.41) is 5.14. The topological polar surface area (TPSA) is 34.4 Å². The fourth-order valence-electron chi connectivity index (χ4n) is 2.01. The second-order valence-electron chi connectivity index (χ2n) is 3.57. The van der Waals surface area contributed by atoms with Crippen molar-refractivity contribution in [3.63, 3.8) is 0 Å². The van der Waals surface area contributed by atoms with Crippen molar-refractivity contribution in [3.8, 4) is 0 Å². The molecule has 3 rings (SSSR count). The number of hydrogen-bond acceptors (Lipinski definition) is 2. The fourth-order valence-corrected chi connectivity index (χ4v) is 2.37. The van der Waals surface area contributed by atoms with Gasteiger partial charge in [-0.2, -0.15) is 4.68 Å². The van der Waals surface area contributed by atoms with Gasteiger partial charge in [0.1, 0.15) is 0 Å². The number of nitrogens with zero attached hydrogens (tertiary/aromatic N) is 2. The van der Waals surface area contributed by atoms with Gasteiger partial charge in [0.2, 0.25) is 0 Å². The molecule has 0 amide bonds. The number of benzene rings is 2. The Morgan fingerprint density at radius 3 is 2.56 bits per heavy atom. The highest BCUT2D eigenvalue weighted by Gasteiger charge is 2.10. The molecule has 4 heteroatoms. The second-order valence-corrected chi connectivity index (χ2v) is 4.49. The van der Waals surface area contributed by atoms with Crippen LogP contribution in [0.15, 0.2) is 52.2 Å². The molecule has 0 aliphatic heterocycles. The number of fused-ring (bicyclic) bond motifs is 3. The number of aromatic nitrogens is 1. The zero-order valence-electron chi connectivity index (χ0n) is 8.22. The van der Waals surface area contributed by atoms with E-state index in [9.17, 15) is 4.91 Å². The number of halogens is 1. The van der Waals surface area contributed by atoms with Gasteiger partial charge in [0.25, 0.3) is 0 Å². The summed E-state index contributed by atoms with van der Waals surface area (Å²) >= 11 is 3.43. The first-order chi connectivity index (χ1) is 7.81. The van der Waals surface area contributed by atoms with Gasteiger partial charge >= 0.3 is 0 Å². The van der Waals surface area contributed by atoms with Gasteiger partial charge in [-0.15, -0.1) is 4.91 Å². The van der Waals surface area contributed by atoms with Gasteiger partial charge in [0.15, 0.2) is 0 Å². The molecule has 3 nitrogen and oxygen atoms in total. The summed E-state index contributed by atoms with van der Waals surface area (Å²) in [6.07, 6.45) is 0. The van der Waals surface area contributed by atoms with Crippen LogP contribution in [0.3, 0.4) is 0 Å². The average Bonchev–Trinajstić information content (AvgIpc) is 2.62. The SMILES string of the molecule is O=Nn1c2ccccc2c2cc(Br)ccc21. The van der Waals surface area contributed by atoms with Crippen molar-refractivity contribution in [3.05, 3.63) is 51.8 Å². The molecule has 0 spiro atoms. The maximum Gasteiger partial charge on any atom is 0.0765 e. The predicted molar refractivity (Wildman–Crippen MR) is 68.3 cm³/mol. The predicted octanol–water partition coefficient (Wildman–Crippen LogP) is 4.09. The highest BCUT2D eigenvalue weighted by Crippen LogP contribution is 2.30. The van der Waals surface area contributed by atoms with E-state index in [-0.39, 0.29) is 0 Å². The molecule has 2 aromatic carbocycles.